The first-order valence-electron chi connectivity index (χ1n) is 12.5. The van der Waals surface area contributed by atoms with E-state index >= 15 is 0 Å². The number of ether oxygens (including phenoxy) is 1. The van der Waals surface area contributed by atoms with Crippen molar-refractivity contribution >= 4 is 17.7 Å². The number of pyridine rings is 1. The molecule has 4 rings (SSSR count). The molecule has 0 spiro atoms. The quantitative estimate of drug-likeness (QED) is 0.455. The van der Waals surface area contributed by atoms with Crippen LogP contribution in [-0.2, 0) is 27.2 Å². The number of likely N-dealkylation sites (tertiary alicyclic amines) is 1. The zero-order valence-corrected chi connectivity index (χ0v) is 20.7. The summed E-state index contributed by atoms with van der Waals surface area (Å²) in [6.45, 7) is 6.86. The highest BCUT2D eigenvalue weighted by Crippen LogP contribution is 2.29. The fraction of sp³-hybridized carbons (Fsp3) is 0.519. The van der Waals surface area contributed by atoms with Gasteiger partial charge in [-0.05, 0) is 49.3 Å². The molecule has 0 radical (unpaired) electrons. The van der Waals surface area contributed by atoms with Gasteiger partial charge in [0.2, 0.25) is 5.91 Å². The fourth-order valence-corrected chi connectivity index (χ4v) is 4.61. The maximum Gasteiger partial charge on any atom is 0.327 e. The molecule has 7 heteroatoms. The third kappa shape index (κ3) is 6.56. The molecule has 2 N–H and O–H groups in total. The average molecular weight is 467 g/mol. The highest BCUT2D eigenvalue weighted by Gasteiger charge is 2.36. The van der Waals surface area contributed by atoms with Crippen molar-refractivity contribution < 1.29 is 14.3 Å². The van der Waals surface area contributed by atoms with Gasteiger partial charge in [0.05, 0.1) is 13.0 Å². The van der Waals surface area contributed by atoms with Crippen molar-refractivity contribution in [2.45, 2.75) is 52.0 Å². The molecule has 1 fully saturated rings. The van der Waals surface area contributed by atoms with E-state index in [4.69, 9.17) is 9.72 Å². The van der Waals surface area contributed by atoms with Crippen LogP contribution in [0.4, 0.5) is 5.82 Å². The van der Waals surface area contributed by atoms with Gasteiger partial charge in [-0.25, -0.2) is 9.78 Å². The topological polar surface area (TPSA) is 83.6 Å². The first-order valence-corrected chi connectivity index (χ1v) is 12.5. The van der Waals surface area contributed by atoms with Crippen LogP contribution in [-0.4, -0.2) is 55.0 Å². The number of aromatic nitrogens is 1. The van der Waals surface area contributed by atoms with Crippen molar-refractivity contribution in [1.29, 1.82) is 0 Å². The van der Waals surface area contributed by atoms with Gasteiger partial charge < -0.3 is 15.4 Å². The zero-order valence-electron chi connectivity index (χ0n) is 20.7. The zero-order chi connectivity index (χ0) is 24.3. The van der Waals surface area contributed by atoms with E-state index in [1.807, 2.05) is 44.2 Å². The highest BCUT2D eigenvalue weighted by molar-refractivity contribution is 5.80. The normalized spacial score (nSPS) is 18.0. The molecule has 2 aromatic rings. The summed E-state index contributed by atoms with van der Waals surface area (Å²) >= 11 is 0. The van der Waals surface area contributed by atoms with Gasteiger partial charge in [0.1, 0.15) is 11.9 Å². The summed E-state index contributed by atoms with van der Waals surface area (Å²) in [6.07, 6.45) is 4.67. The molecule has 1 amide bonds. The average Bonchev–Trinajstić information content (AvgIpc) is 3.38. The molecule has 7 nitrogen and oxygen atoms in total. The number of carbonyl (C=O) groups is 2. The summed E-state index contributed by atoms with van der Waals surface area (Å²) in [5.41, 5.74) is 3.25. The van der Waals surface area contributed by atoms with E-state index in [2.05, 4.69) is 27.7 Å². The Bertz CT molecular complexity index is 935. The molecular weight excluding hydrogens is 428 g/mol. The number of aryl methyl sites for hydroxylation is 2. The lowest BCUT2D eigenvalue weighted by atomic mass is 10.1. The van der Waals surface area contributed by atoms with Gasteiger partial charge in [0.15, 0.2) is 0 Å². The molecular formula is C27H38N4O3. The molecule has 2 unspecified atom stereocenters. The summed E-state index contributed by atoms with van der Waals surface area (Å²) in [7, 11) is 1.41. The van der Waals surface area contributed by atoms with E-state index in [1.165, 1.54) is 12.7 Å². The molecule has 2 aliphatic rings. The first kappa shape index (κ1) is 25.7. The summed E-state index contributed by atoms with van der Waals surface area (Å²) in [5, 5.41) is 6.44. The van der Waals surface area contributed by atoms with Crippen LogP contribution in [0.3, 0.4) is 0 Å². The second kappa shape index (κ2) is 13.1. The Labute approximate surface area is 203 Å². The van der Waals surface area contributed by atoms with Crippen LogP contribution in [0.15, 0.2) is 42.5 Å². The monoisotopic (exact) mass is 466 g/mol. The Morgan fingerprint density at radius 3 is 2.76 bits per heavy atom. The Kier molecular flexibility index (Phi) is 9.89. The molecule has 0 saturated carbocycles. The number of amides is 1. The third-order valence-electron chi connectivity index (χ3n) is 6.36. The summed E-state index contributed by atoms with van der Waals surface area (Å²) in [5.74, 6) is 0.674. The van der Waals surface area contributed by atoms with Crippen LogP contribution in [0.1, 0.15) is 56.0 Å². The van der Waals surface area contributed by atoms with Gasteiger partial charge in [-0.15, -0.1) is 0 Å². The van der Waals surface area contributed by atoms with Crippen LogP contribution in [0.5, 0.6) is 0 Å². The van der Waals surface area contributed by atoms with Crippen LogP contribution in [0.2, 0.25) is 0 Å². The molecule has 1 aromatic carbocycles. The molecule has 34 heavy (non-hydrogen) atoms. The van der Waals surface area contributed by atoms with Gasteiger partial charge in [0, 0.05) is 31.9 Å². The van der Waals surface area contributed by atoms with Gasteiger partial charge in [-0.1, -0.05) is 50.2 Å². The maximum absolute atomic E-state index is 12.7. The van der Waals surface area contributed by atoms with Crippen molar-refractivity contribution in [2.75, 3.05) is 38.6 Å². The number of nitrogens with zero attached hydrogens (tertiary/aromatic N) is 2. The Balaban J connectivity index is 0.00000158. The molecule has 3 heterocycles. The minimum Gasteiger partial charge on any atom is -0.468 e. The predicted molar refractivity (Wildman–Crippen MR) is 135 cm³/mol. The van der Waals surface area contributed by atoms with E-state index < -0.39 is 6.04 Å². The SMILES string of the molecule is CC.COC(=O)C(c1ccccc1)N1CCC(C(=O)NCCCc2ccc3c(n2)NCCC3)C1. The van der Waals surface area contributed by atoms with Crippen molar-refractivity contribution in [2.24, 2.45) is 5.92 Å². The van der Waals surface area contributed by atoms with E-state index in [-0.39, 0.29) is 17.8 Å². The first-order chi connectivity index (χ1) is 16.7. The third-order valence-corrected chi connectivity index (χ3v) is 6.36. The van der Waals surface area contributed by atoms with Gasteiger partial charge in [0.25, 0.3) is 0 Å². The lowest BCUT2D eigenvalue weighted by Gasteiger charge is -2.25. The van der Waals surface area contributed by atoms with Crippen molar-refractivity contribution in [1.82, 2.24) is 15.2 Å². The van der Waals surface area contributed by atoms with E-state index in [9.17, 15) is 9.59 Å². The number of hydrogen-bond acceptors (Lipinski definition) is 6. The maximum atomic E-state index is 12.7. The number of benzene rings is 1. The highest BCUT2D eigenvalue weighted by atomic mass is 16.5. The molecule has 184 valence electrons. The molecule has 1 saturated heterocycles. The van der Waals surface area contributed by atoms with Crippen LogP contribution in [0.25, 0.3) is 0 Å². The largest absolute Gasteiger partial charge is 0.468 e. The van der Waals surface area contributed by atoms with Crippen LogP contribution < -0.4 is 10.6 Å². The second-order valence-corrected chi connectivity index (χ2v) is 8.55. The van der Waals surface area contributed by atoms with E-state index in [0.29, 0.717) is 19.6 Å². The number of carbonyl (C=O) groups excluding carboxylic acids is 2. The number of esters is 1. The van der Waals surface area contributed by atoms with Crippen molar-refractivity contribution in [3.63, 3.8) is 0 Å². The number of nitrogens with one attached hydrogen (secondary N) is 2. The number of hydrogen-bond donors (Lipinski definition) is 2. The summed E-state index contributed by atoms with van der Waals surface area (Å²) in [6, 6.07) is 13.4. The molecule has 2 atom stereocenters. The molecule has 0 aliphatic carbocycles. The van der Waals surface area contributed by atoms with Crippen molar-refractivity contribution in [3.05, 3.63) is 59.3 Å². The fourth-order valence-electron chi connectivity index (χ4n) is 4.61. The Morgan fingerprint density at radius 2 is 2.00 bits per heavy atom. The number of fused-ring (bicyclic) bond motifs is 1. The molecule has 1 aromatic heterocycles. The Hall–Kier alpha value is -2.93. The standard InChI is InChI=1S/C25H32N4O3.C2H6/c1-32-25(31)22(18-7-3-2-4-8-18)29-16-13-20(17-29)24(30)27-15-6-10-21-12-11-19-9-5-14-26-23(19)28-21;1-2/h2-4,7-8,11-12,20,22H,5-6,9-10,13-17H2,1H3,(H,26,28)(H,27,30);1-2H3. The number of methoxy groups -OCH3 is 1. The Morgan fingerprint density at radius 1 is 1.21 bits per heavy atom. The molecule has 0 bridgehead atoms. The minimum atomic E-state index is -0.470. The second-order valence-electron chi connectivity index (χ2n) is 8.55. The predicted octanol–water partition coefficient (Wildman–Crippen LogP) is 3.75. The van der Waals surface area contributed by atoms with Crippen LogP contribution in [0, 0.1) is 5.92 Å². The number of anilines is 1. The minimum absolute atomic E-state index is 0.0595. The van der Waals surface area contributed by atoms with E-state index in [1.54, 1.807) is 0 Å². The summed E-state index contributed by atoms with van der Waals surface area (Å²) < 4.78 is 5.04. The lowest BCUT2D eigenvalue weighted by Crippen LogP contribution is -2.36. The van der Waals surface area contributed by atoms with Gasteiger partial charge >= 0.3 is 5.97 Å². The van der Waals surface area contributed by atoms with Crippen molar-refractivity contribution in [3.8, 4) is 0 Å². The summed E-state index contributed by atoms with van der Waals surface area (Å²) in [4.78, 5) is 31.9. The van der Waals surface area contributed by atoms with E-state index in [0.717, 1.165) is 55.7 Å². The van der Waals surface area contributed by atoms with Crippen LogP contribution >= 0.6 is 0 Å². The van der Waals surface area contributed by atoms with Gasteiger partial charge in [-0.3, -0.25) is 9.69 Å². The lowest BCUT2D eigenvalue weighted by molar-refractivity contribution is -0.147. The molecule has 2 aliphatic heterocycles. The number of rotatable bonds is 8. The van der Waals surface area contributed by atoms with Gasteiger partial charge in [-0.2, -0.15) is 0 Å². The smallest absolute Gasteiger partial charge is 0.327 e.